The molecule has 0 aromatic heterocycles. The predicted molar refractivity (Wildman–Crippen MR) is 158 cm³/mol. The second-order valence-electron chi connectivity index (χ2n) is 16.5. The number of hydrogen-bond acceptors (Lipinski definition) is 3. The molecule has 3 nitrogen and oxygen atoms in total. The third-order valence-electron chi connectivity index (χ3n) is 13.7. The molecule has 5 aliphatic carbocycles. The van der Waals surface area contributed by atoms with Gasteiger partial charge in [0.05, 0.1) is 6.10 Å². The van der Waals surface area contributed by atoms with E-state index in [2.05, 4.69) is 55.4 Å². The van der Waals surface area contributed by atoms with Crippen molar-refractivity contribution >= 4 is 5.78 Å². The summed E-state index contributed by atoms with van der Waals surface area (Å²) in [4.78, 5) is 14.3. The van der Waals surface area contributed by atoms with Crippen molar-refractivity contribution in [1.29, 1.82) is 0 Å². The minimum atomic E-state index is -0.587. The van der Waals surface area contributed by atoms with E-state index >= 15 is 0 Å². The maximum atomic E-state index is 14.3. The summed E-state index contributed by atoms with van der Waals surface area (Å²) < 4.78 is 13.7. The lowest BCUT2D eigenvalue weighted by Gasteiger charge is -2.61. The molecular formula is C36H58O3. The predicted octanol–water partition coefficient (Wildman–Crippen LogP) is 9.14. The first-order valence-corrected chi connectivity index (χ1v) is 16.9. The van der Waals surface area contributed by atoms with Crippen molar-refractivity contribution in [3.8, 4) is 0 Å². The second kappa shape index (κ2) is 9.96. The monoisotopic (exact) mass is 538 g/mol. The van der Waals surface area contributed by atoms with Gasteiger partial charge in [-0.05, 0) is 125 Å². The molecule has 0 N–H and O–H groups in total. The van der Waals surface area contributed by atoms with Gasteiger partial charge in [-0.1, -0.05) is 59.5 Å². The fourth-order valence-electron chi connectivity index (χ4n) is 11.7. The van der Waals surface area contributed by atoms with Crippen molar-refractivity contribution in [1.82, 2.24) is 0 Å². The number of hydrogen-bond donors (Lipinski definition) is 0. The van der Waals surface area contributed by atoms with Crippen LogP contribution in [0.25, 0.3) is 0 Å². The molecular weight excluding hydrogens is 480 g/mol. The highest BCUT2D eigenvalue weighted by Gasteiger charge is 2.67. The minimum absolute atomic E-state index is 0.00485. The second-order valence-corrected chi connectivity index (χ2v) is 16.5. The average Bonchev–Trinajstić information content (AvgIpc) is 3.39. The topological polar surface area (TPSA) is 35.5 Å². The SMILES string of the molecule is CC1=C2C[C@H](CC1)C(=O)[C@@H]1CC[C@H]3[C@@H]4CC[C@H]([C@H](C)CCCC(C)C)[C@@]4(C)CC[C@@H]3[C@@]1(C)[C@H]1OC(C)(C)O[C@@H]21. The van der Waals surface area contributed by atoms with Crippen LogP contribution in [0.15, 0.2) is 11.1 Å². The van der Waals surface area contributed by atoms with Gasteiger partial charge in [-0.15, -0.1) is 0 Å². The van der Waals surface area contributed by atoms with Crippen molar-refractivity contribution in [3.63, 3.8) is 0 Å². The molecule has 0 spiro atoms. The van der Waals surface area contributed by atoms with Gasteiger partial charge < -0.3 is 9.47 Å². The smallest absolute Gasteiger partial charge is 0.164 e. The Labute approximate surface area is 239 Å². The Balaban J connectivity index is 1.32. The molecule has 0 aromatic rings. The summed E-state index contributed by atoms with van der Waals surface area (Å²) in [5, 5.41) is 0. The maximum Gasteiger partial charge on any atom is 0.164 e. The van der Waals surface area contributed by atoms with Gasteiger partial charge in [-0.25, -0.2) is 0 Å². The molecule has 0 radical (unpaired) electrons. The summed E-state index contributed by atoms with van der Waals surface area (Å²) in [5.74, 6) is 4.92. The van der Waals surface area contributed by atoms with Crippen LogP contribution in [0.4, 0.5) is 0 Å². The van der Waals surface area contributed by atoms with E-state index in [9.17, 15) is 4.79 Å². The standard InChI is InChI=1S/C36H58O3/c1-21(2)10-9-11-23(4)27-16-17-28-25-14-15-30-31(37)24-13-12-22(3)26(20-24)32-33(39-34(5,6)38-32)36(30,8)29(25)18-19-35(27,28)7/h21,23-25,27-30,32-33H,9-20H2,1-8H3/t23-,24+,25+,27-,28+,29+,30+,32+,33+,35-,36-/m1/s1. The lowest BCUT2D eigenvalue weighted by Crippen LogP contribution is -2.61. The van der Waals surface area contributed by atoms with Gasteiger partial charge in [0, 0.05) is 17.3 Å². The summed E-state index contributed by atoms with van der Waals surface area (Å²) in [7, 11) is 0. The quantitative estimate of drug-likeness (QED) is 0.327. The third-order valence-corrected chi connectivity index (χ3v) is 13.7. The molecule has 3 heteroatoms. The number of allylic oxidation sites excluding steroid dienone is 1. The molecule has 11 atom stereocenters. The molecule has 2 bridgehead atoms. The minimum Gasteiger partial charge on any atom is -0.344 e. The number of carbonyl (C=O) groups excluding carboxylic acids is 1. The fraction of sp³-hybridized carbons (Fsp3) is 0.917. The Morgan fingerprint density at radius 3 is 2.41 bits per heavy atom. The third kappa shape index (κ3) is 4.45. The summed E-state index contributed by atoms with van der Waals surface area (Å²) in [6, 6.07) is 0. The first kappa shape index (κ1) is 28.4. The van der Waals surface area contributed by atoms with E-state index in [1.165, 1.54) is 62.5 Å². The van der Waals surface area contributed by atoms with Crippen LogP contribution >= 0.6 is 0 Å². The van der Waals surface area contributed by atoms with Gasteiger partial charge in [0.1, 0.15) is 11.9 Å². The maximum absolute atomic E-state index is 14.3. The highest BCUT2D eigenvalue weighted by atomic mass is 16.8. The van der Waals surface area contributed by atoms with Gasteiger partial charge in [0.25, 0.3) is 0 Å². The van der Waals surface area contributed by atoms with Crippen molar-refractivity contribution in [2.24, 2.45) is 58.2 Å². The van der Waals surface area contributed by atoms with Crippen LogP contribution in [0.3, 0.4) is 0 Å². The molecule has 220 valence electrons. The Morgan fingerprint density at radius 1 is 0.897 bits per heavy atom. The molecule has 39 heavy (non-hydrogen) atoms. The zero-order chi connectivity index (χ0) is 27.9. The van der Waals surface area contributed by atoms with Crippen LogP contribution in [0.5, 0.6) is 0 Å². The van der Waals surface area contributed by atoms with E-state index in [0.717, 1.165) is 55.3 Å². The van der Waals surface area contributed by atoms with Gasteiger partial charge in [0.15, 0.2) is 5.79 Å². The molecule has 1 heterocycles. The summed E-state index contributed by atoms with van der Waals surface area (Å²) in [5.41, 5.74) is 3.21. The van der Waals surface area contributed by atoms with E-state index in [1.54, 1.807) is 0 Å². The van der Waals surface area contributed by atoms with Crippen LogP contribution in [0, 0.1) is 58.2 Å². The number of ketones is 1. The largest absolute Gasteiger partial charge is 0.344 e. The number of ether oxygens (including phenoxy) is 2. The average molecular weight is 539 g/mol. The fourth-order valence-corrected chi connectivity index (χ4v) is 11.7. The molecule has 0 aromatic carbocycles. The van der Waals surface area contributed by atoms with E-state index in [-0.39, 0.29) is 29.5 Å². The Morgan fingerprint density at radius 2 is 1.67 bits per heavy atom. The Bertz CT molecular complexity index is 993. The molecule has 1 aliphatic heterocycles. The van der Waals surface area contributed by atoms with Gasteiger partial charge in [0.2, 0.25) is 0 Å². The normalized spacial score (nSPS) is 47.7. The Kier molecular flexibility index (Phi) is 7.27. The van der Waals surface area contributed by atoms with Crippen molar-refractivity contribution < 1.29 is 14.3 Å². The summed E-state index contributed by atoms with van der Waals surface area (Å²) in [6.07, 6.45) is 14.9. The van der Waals surface area contributed by atoms with E-state index in [1.807, 2.05) is 0 Å². The van der Waals surface area contributed by atoms with Gasteiger partial charge in [-0.3, -0.25) is 4.79 Å². The van der Waals surface area contributed by atoms with E-state index < -0.39 is 5.79 Å². The van der Waals surface area contributed by atoms with E-state index in [0.29, 0.717) is 17.1 Å². The van der Waals surface area contributed by atoms with E-state index in [4.69, 9.17) is 9.47 Å². The number of Topliss-reactive ketones (excluding diaryl/α,β-unsaturated/α-hetero) is 1. The summed E-state index contributed by atoms with van der Waals surface area (Å²) in [6.45, 7) is 19.0. The first-order valence-electron chi connectivity index (χ1n) is 16.9. The number of rotatable bonds is 5. The highest BCUT2D eigenvalue weighted by Crippen LogP contribution is 2.69. The molecule has 6 rings (SSSR count). The van der Waals surface area contributed by atoms with Crippen LogP contribution in [0.1, 0.15) is 132 Å². The van der Waals surface area contributed by atoms with Gasteiger partial charge in [-0.2, -0.15) is 0 Å². The molecule has 5 fully saturated rings. The molecule has 0 amide bonds. The van der Waals surface area contributed by atoms with Crippen LogP contribution in [0.2, 0.25) is 0 Å². The highest BCUT2D eigenvalue weighted by molar-refractivity contribution is 5.85. The Hall–Kier alpha value is -0.670. The zero-order valence-corrected chi connectivity index (χ0v) is 26.5. The summed E-state index contributed by atoms with van der Waals surface area (Å²) >= 11 is 0. The lowest BCUT2D eigenvalue weighted by atomic mass is 9.43. The van der Waals surface area contributed by atoms with Gasteiger partial charge >= 0.3 is 0 Å². The molecule has 0 unspecified atom stereocenters. The first-order chi connectivity index (χ1) is 18.4. The number of fused-ring (bicyclic) bond motifs is 10. The van der Waals surface area contributed by atoms with Crippen LogP contribution < -0.4 is 0 Å². The van der Waals surface area contributed by atoms with Crippen LogP contribution in [-0.2, 0) is 14.3 Å². The number of carbonyl (C=O) groups is 1. The van der Waals surface area contributed by atoms with Crippen LogP contribution in [-0.4, -0.2) is 23.8 Å². The zero-order valence-electron chi connectivity index (χ0n) is 26.5. The molecule has 1 saturated heterocycles. The molecule has 4 saturated carbocycles. The van der Waals surface area contributed by atoms with Crippen molar-refractivity contribution in [3.05, 3.63) is 11.1 Å². The molecule has 6 aliphatic rings. The lowest BCUT2D eigenvalue weighted by molar-refractivity contribution is -0.194. The van der Waals surface area contributed by atoms with Crippen molar-refractivity contribution in [2.75, 3.05) is 0 Å². The van der Waals surface area contributed by atoms with Crippen molar-refractivity contribution in [2.45, 2.75) is 150 Å².